The number of hydrogen-bond donors (Lipinski definition) is 3. The summed E-state index contributed by atoms with van der Waals surface area (Å²) < 4.78 is 5.87. The third-order valence-corrected chi connectivity index (χ3v) is 3.74. The molecule has 108 valence electrons. The highest BCUT2D eigenvalue weighted by molar-refractivity contribution is 7.98. The molecule has 0 saturated heterocycles. The van der Waals surface area contributed by atoms with Crippen molar-refractivity contribution in [1.29, 1.82) is 0 Å². The summed E-state index contributed by atoms with van der Waals surface area (Å²) in [5, 5.41) is 12.3. The van der Waals surface area contributed by atoms with Crippen LogP contribution in [0.4, 0.5) is 17.2 Å². The van der Waals surface area contributed by atoms with Gasteiger partial charge in [0, 0.05) is 22.8 Å². The van der Waals surface area contributed by atoms with Gasteiger partial charge in [-0.15, -0.1) is 11.8 Å². The molecule has 2 heterocycles. The Morgan fingerprint density at radius 1 is 1.38 bits per heavy atom. The summed E-state index contributed by atoms with van der Waals surface area (Å²) in [6.45, 7) is 0. The van der Waals surface area contributed by atoms with Crippen molar-refractivity contribution in [1.82, 2.24) is 4.98 Å². The molecule has 21 heavy (non-hydrogen) atoms. The maximum Gasteiger partial charge on any atom is 0.162 e. The number of pyridine rings is 1. The van der Waals surface area contributed by atoms with Crippen LogP contribution in [0, 0.1) is 0 Å². The van der Waals surface area contributed by atoms with Crippen LogP contribution in [0.1, 0.15) is 0 Å². The van der Waals surface area contributed by atoms with Crippen LogP contribution in [-0.4, -0.2) is 28.8 Å². The number of nitrogens with one attached hydrogen (secondary N) is 1. The van der Waals surface area contributed by atoms with Gasteiger partial charge in [-0.25, -0.2) is 9.98 Å². The molecule has 3 rings (SSSR count). The zero-order chi connectivity index (χ0) is 14.8. The third kappa shape index (κ3) is 2.79. The van der Waals surface area contributed by atoms with Crippen LogP contribution in [0.25, 0.3) is 0 Å². The topological polar surface area (TPSA) is 92.8 Å². The summed E-state index contributed by atoms with van der Waals surface area (Å²) in [6.07, 6.45) is 4.12. The lowest BCUT2D eigenvalue weighted by atomic mass is 10.3. The summed E-state index contributed by atoms with van der Waals surface area (Å²) in [5.74, 6) is 1.72. The summed E-state index contributed by atoms with van der Waals surface area (Å²) in [6, 6.07) is 7.21. The van der Waals surface area contributed by atoms with E-state index in [2.05, 4.69) is 15.3 Å². The fraction of sp³-hybridized carbons (Fsp3) is 0.143. The van der Waals surface area contributed by atoms with Gasteiger partial charge in [-0.3, -0.25) is 0 Å². The van der Waals surface area contributed by atoms with Crippen LogP contribution in [0.2, 0.25) is 0 Å². The van der Waals surface area contributed by atoms with E-state index < -0.39 is 6.23 Å². The number of nitrogen functional groups attached to an aromatic ring is 1. The number of aliphatic hydroxyl groups is 1. The van der Waals surface area contributed by atoms with E-state index >= 15 is 0 Å². The number of thioether (sulfide) groups is 1. The average molecular weight is 302 g/mol. The number of anilines is 2. The molecule has 1 atom stereocenters. The van der Waals surface area contributed by atoms with Gasteiger partial charge in [0.05, 0.1) is 6.21 Å². The standard InChI is InChI=1S/C14H14N4O2S/c1-21-11-6-8(2-3-9(11)15)20-10-4-5-16-14-13(10)17-7-12(19)18-14/h2-7,12,19H,15H2,1H3,(H,16,18). The van der Waals surface area contributed by atoms with Gasteiger partial charge < -0.3 is 20.9 Å². The molecule has 0 amide bonds. The largest absolute Gasteiger partial charge is 0.455 e. The Morgan fingerprint density at radius 2 is 2.24 bits per heavy atom. The maximum absolute atomic E-state index is 9.48. The maximum atomic E-state index is 9.48. The molecule has 2 aromatic rings. The predicted octanol–water partition coefficient (Wildman–Crippen LogP) is 2.62. The van der Waals surface area contributed by atoms with E-state index in [-0.39, 0.29) is 0 Å². The number of aromatic nitrogens is 1. The van der Waals surface area contributed by atoms with Crippen LogP contribution in [0.3, 0.4) is 0 Å². The van der Waals surface area contributed by atoms with E-state index in [1.807, 2.05) is 12.3 Å². The number of nitrogens with two attached hydrogens (primary N) is 1. The molecule has 1 aromatic heterocycles. The molecule has 1 unspecified atom stereocenters. The Labute approximate surface area is 126 Å². The van der Waals surface area contributed by atoms with Crippen molar-refractivity contribution in [3.63, 3.8) is 0 Å². The number of ether oxygens (including phenoxy) is 1. The molecule has 6 nitrogen and oxygen atoms in total. The molecule has 0 bridgehead atoms. The van der Waals surface area contributed by atoms with Crippen molar-refractivity contribution in [2.45, 2.75) is 11.1 Å². The van der Waals surface area contributed by atoms with Gasteiger partial charge >= 0.3 is 0 Å². The number of aliphatic imine (C=N–C) groups is 1. The number of benzene rings is 1. The number of hydrogen-bond acceptors (Lipinski definition) is 7. The van der Waals surface area contributed by atoms with Crippen molar-refractivity contribution < 1.29 is 9.84 Å². The molecule has 0 saturated carbocycles. The highest BCUT2D eigenvalue weighted by atomic mass is 32.2. The highest BCUT2D eigenvalue weighted by Crippen LogP contribution is 2.39. The smallest absolute Gasteiger partial charge is 0.162 e. The van der Waals surface area contributed by atoms with E-state index in [4.69, 9.17) is 10.5 Å². The van der Waals surface area contributed by atoms with Crippen LogP contribution in [0.15, 0.2) is 40.4 Å². The van der Waals surface area contributed by atoms with Crippen LogP contribution < -0.4 is 15.8 Å². The molecular weight excluding hydrogens is 288 g/mol. The van der Waals surface area contributed by atoms with Gasteiger partial charge in [-0.2, -0.15) is 0 Å². The van der Waals surface area contributed by atoms with Gasteiger partial charge in [0.25, 0.3) is 0 Å². The average Bonchev–Trinajstić information content (AvgIpc) is 2.49. The Bertz CT molecular complexity index is 705. The second-order valence-electron chi connectivity index (χ2n) is 4.38. The number of rotatable bonds is 3. The summed E-state index contributed by atoms with van der Waals surface area (Å²) in [5.41, 5.74) is 7.15. The number of aliphatic hydroxyl groups excluding tert-OH is 1. The van der Waals surface area contributed by atoms with E-state index in [9.17, 15) is 5.11 Å². The van der Waals surface area contributed by atoms with Crippen molar-refractivity contribution in [2.24, 2.45) is 4.99 Å². The summed E-state index contributed by atoms with van der Waals surface area (Å²) in [7, 11) is 0. The predicted molar refractivity (Wildman–Crippen MR) is 84.7 cm³/mol. The Morgan fingerprint density at radius 3 is 3.05 bits per heavy atom. The number of fused-ring (bicyclic) bond motifs is 1. The van der Waals surface area contributed by atoms with E-state index in [0.29, 0.717) is 23.0 Å². The van der Waals surface area contributed by atoms with Gasteiger partial charge in [0.2, 0.25) is 0 Å². The lowest BCUT2D eigenvalue weighted by molar-refractivity contribution is 0.273. The normalized spacial score (nSPS) is 16.2. The first-order valence-electron chi connectivity index (χ1n) is 6.26. The van der Waals surface area contributed by atoms with E-state index in [1.54, 1.807) is 36.2 Å². The van der Waals surface area contributed by atoms with Gasteiger partial charge in [-0.1, -0.05) is 0 Å². The van der Waals surface area contributed by atoms with Crippen LogP contribution in [0.5, 0.6) is 11.5 Å². The zero-order valence-electron chi connectivity index (χ0n) is 11.3. The minimum Gasteiger partial charge on any atom is -0.455 e. The van der Waals surface area contributed by atoms with Crippen molar-refractivity contribution in [3.8, 4) is 11.5 Å². The summed E-state index contributed by atoms with van der Waals surface area (Å²) >= 11 is 1.56. The Hall–Kier alpha value is -2.25. The van der Waals surface area contributed by atoms with E-state index in [0.717, 1.165) is 10.6 Å². The molecule has 4 N–H and O–H groups in total. The molecule has 1 aliphatic rings. The molecule has 0 fully saturated rings. The molecule has 0 aliphatic carbocycles. The zero-order valence-corrected chi connectivity index (χ0v) is 12.1. The molecular formula is C14H14N4O2S. The molecule has 1 aromatic carbocycles. The van der Waals surface area contributed by atoms with Crippen molar-refractivity contribution in [2.75, 3.05) is 17.3 Å². The van der Waals surface area contributed by atoms with Crippen molar-refractivity contribution in [3.05, 3.63) is 30.5 Å². The van der Waals surface area contributed by atoms with Crippen molar-refractivity contribution >= 4 is 35.2 Å². The SMILES string of the molecule is CSc1cc(Oc2ccnc3c2N=CC(O)N3)ccc1N. The molecule has 0 spiro atoms. The lowest BCUT2D eigenvalue weighted by Gasteiger charge is -2.18. The fourth-order valence-corrected chi connectivity index (χ4v) is 2.49. The lowest BCUT2D eigenvalue weighted by Crippen LogP contribution is -2.23. The number of nitrogens with zero attached hydrogens (tertiary/aromatic N) is 2. The van der Waals surface area contributed by atoms with Gasteiger partial charge in [0.15, 0.2) is 17.8 Å². The molecule has 7 heteroatoms. The monoisotopic (exact) mass is 302 g/mol. The third-order valence-electron chi connectivity index (χ3n) is 2.95. The fourth-order valence-electron chi connectivity index (χ4n) is 1.95. The minimum absolute atomic E-state index is 0.489. The highest BCUT2D eigenvalue weighted by Gasteiger charge is 2.17. The first-order chi connectivity index (χ1) is 10.2. The minimum atomic E-state index is -0.833. The second-order valence-corrected chi connectivity index (χ2v) is 5.23. The Kier molecular flexibility index (Phi) is 3.68. The van der Waals surface area contributed by atoms with Crippen LogP contribution >= 0.6 is 11.8 Å². The second kappa shape index (κ2) is 5.63. The van der Waals surface area contributed by atoms with Crippen LogP contribution in [-0.2, 0) is 0 Å². The summed E-state index contributed by atoms with van der Waals surface area (Å²) in [4.78, 5) is 9.26. The van der Waals surface area contributed by atoms with Gasteiger partial charge in [-0.05, 0) is 24.5 Å². The molecule has 0 radical (unpaired) electrons. The first-order valence-corrected chi connectivity index (χ1v) is 7.49. The first kappa shape index (κ1) is 13.7. The quantitative estimate of drug-likeness (QED) is 0.596. The molecule has 1 aliphatic heterocycles. The van der Waals surface area contributed by atoms with Gasteiger partial charge in [0.1, 0.15) is 11.4 Å². The Balaban J connectivity index is 1.93. The van der Waals surface area contributed by atoms with E-state index in [1.165, 1.54) is 6.21 Å².